The highest BCUT2D eigenvalue weighted by Crippen LogP contribution is 2.21. The van der Waals surface area contributed by atoms with Gasteiger partial charge in [-0.3, -0.25) is 0 Å². The molecule has 0 aromatic heterocycles. The van der Waals surface area contributed by atoms with Crippen LogP contribution in [0.1, 0.15) is 48.1 Å². The number of aryl methyl sites for hydroxylation is 1. The molecule has 0 aliphatic heterocycles. The molecule has 1 nitrogen and oxygen atoms in total. The van der Waals surface area contributed by atoms with Gasteiger partial charge in [0.2, 0.25) is 0 Å². The number of nitrogens with two attached hydrogens (primary N) is 1. The van der Waals surface area contributed by atoms with Crippen molar-refractivity contribution in [1.29, 1.82) is 0 Å². The normalized spacial score (nSPS) is 12.7. The van der Waals surface area contributed by atoms with Gasteiger partial charge in [-0.25, -0.2) is 4.39 Å². The second-order valence-corrected chi connectivity index (χ2v) is 5.73. The van der Waals surface area contributed by atoms with E-state index in [0.717, 1.165) is 11.1 Å². The van der Waals surface area contributed by atoms with Gasteiger partial charge in [0.15, 0.2) is 0 Å². The zero-order valence-corrected chi connectivity index (χ0v) is 12.4. The topological polar surface area (TPSA) is 26.0 Å². The molecule has 106 valence electrons. The van der Waals surface area contributed by atoms with Gasteiger partial charge in [0.25, 0.3) is 0 Å². The molecule has 0 saturated heterocycles. The maximum atomic E-state index is 13.9. The molecule has 0 spiro atoms. The fourth-order valence-electron chi connectivity index (χ4n) is 2.34. The van der Waals surface area contributed by atoms with Crippen LogP contribution in [0.4, 0.5) is 4.39 Å². The minimum atomic E-state index is -0.305. The van der Waals surface area contributed by atoms with Crippen LogP contribution in [0, 0.1) is 12.7 Å². The number of rotatable bonds is 4. The lowest BCUT2D eigenvalue weighted by atomic mass is 9.96. The van der Waals surface area contributed by atoms with Gasteiger partial charge in [-0.15, -0.1) is 0 Å². The third-order valence-corrected chi connectivity index (χ3v) is 3.66. The monoisotopic (exact) mass is 271 g/mol. The average molecular weight is 271 g/mol. The molecule has 2 rings (SSSR count). The molecule has 2 aromatic carbocycles. The third kappa shape index (κ3) is 3.45. The number of halogens is 1. The van der Waals surface area contributed by atoms with E-state index >= 15 is 0 Å². The van der Waals surface area contributed by atoms with Gasteiger partial charge < -0.3 is 5.73 Å². The molecule has 0 heterocycles. The molecule has 0 fully saturated rings. The minimum Gasteiger partial charge on any atom is -0.324 e. The number of benzene rings is 2. The highest BCUT2D eigenvalue weighted by Gasteiger charge is 2.12. The van der Waals surface area contributed by atoms with Crippen molar-refractivity contribution in [2.24, 2.45) is 5.73 Å². The fourth-order valence-corrected chi connectivity index (χ4v) is 2.34. The molecule has 0 bridgehead atoms. The Balaban J connectivity index is 2.12. The van der Waals surface area contributed by atoms with Crippen molar-refractivity contribution in [3.63, 3.8) is 0 Å². The van der Waals surface area contributed by atoms with Gasteiger partial charge in [-0.05, 0) is 42.0 Å². The zero-order valence-electron chi connectivity index (χ0n) is 12.4. The smallest absolute Gasteiger partial charge is 0.128 e. The quantitative estimate of drug-likeness (QED) is 0.870. The van der Waals surface area contributed by atoms with Crippen molar-refractivity contribution in [3.05, 3.63) is 70.5 Å². The molecule has 2 heteroatoms. The maximum absolute atomic E-state index is 13.9. The van der Waals surface area contributed by atoms with E-state index < -0.39 is 0 Å². The lowest BCUT2D eigenvalue weighted by Gasteiger charge is -2.14. The Morgan fingerprint density at radius 1 is 1.05 bits per heavy atom. The first-order valence-electron chi connectivity index (χ1n) is 7.08. The van der Waals surface area contributed by atoms with E-state index in [-0.39, 0.29) is 11.9 Å². The minimum absolute atomic E-state index is 0.212. The van der Waals surface area contributed by atoms with Crippen molar-refractivity contribution in [2.75, 3.05) is 0 Å². The number of hydrogen-bond donors (Lipinski definition) is 1. The van der Waals surface area contributed by atoms with E-state index in [0.29, 0.717) is 17.9 Å². The SMILES string of the molecule is Cc1ccc(C(N)Cc2ccc(C(C)C)cc2)c(F)c1. The average Bonchev–Trinajstić information content (AvgIpc) is 2.39. The lowest BCUT2D eigenvalue weighted by molar-refractivity contribution is 0.579. The van der Waals surface area contributed by atoms with E-state index in [2.05, 4.69) is 38.1 Å². The van der Waals surface area contributed by atoms with E-state index in [4.69, 9.17) is 5.73 Å². The highest BCUT2D eigenvalue weighted by atomic mass is 19.1. The first kappa shape index (κ1) is 14.7. The fraction of sp³-hybridized carbons (Fsp3) is 0.333. The molecule has 0 amide bonds. The van der Waals surface area contributed by atoms with E-state index in [1.54, 1.807) is 6.07 Å². The molecule has 0 aliphatic carbocycles. The summed E-state index contributed by atoms with van der Waals surface area (Å²) < 4.78 is 13.9. The van der Waals surface area contributed by atoms with E-state index in [1.165, 1.54) is 11.6 Å². The summed E-state index contributed by atoms with van der Waals surface area (Å²) in [6.07, 6.45) is 0.651. The van der Waals surface area contributed by atoms with Crippen LogP contribution in [0.15, 0.2) is 42.5 Å². The van der Waals surface area contributed by atoms with Gasteiger partial charge in [-0.1, -0.05) is 50.2 Å². The van der Waals surface area contributed by atoms with Gasteiger partial charge >= 0.3 is 0 Å². The Morgan fingerprint density at radius 3 is 2.25 bits per heavy atom. The van der Waals surface area contributed by atoms with Gasteiger partial charge in [0, 0.05) is 11.6 Å². The van der Waals surface area contributed by atoms with Crippen molar-refractivity contribution in [3.8, 4) is 0 Å². The summed E-state index contributed by atoms with van der Waals surface area (Å²) in [7, 11) is 0. The van der Waals surface area contributed by atoms with Crippen LogP contribution in [0.25, 0.3) is 0 Å². The molecule has 0 saturated carbocycles. The molecule has 20 heavy (non-hydrogen) atoms. The molecular formula is C18H22FN. The summed E-state index contributed by atoms with van der Waals surface area (Å²) in [6, 6.07) is 13.3. The summed E-state index contributed by atoms with van der Waals surface area (Å²) in [5.41, 5.74) is 10.1. The van der Waals surface area contributed by atoms with Crippen LogP contribution in [-0.2, 0) is 6.42 Å². The van der Waals surface area contributed by atoms with Crippen LogP contribution in [0.2, 0.25) is 0 Å². The molecule has 0 aliphatic rings. The largest absolute Gasteiger partial charge is 0.324 e. The first-order valence-corrected chi connectivity index (χ1v) is 7.08. The van der Waals surface area contributed by atoms with Gasteiger partial charge in [0.05, 0.1) is 0 Å². The second kappa shape index (κ2) is 6.19. The summed E-state index contributed by atoms with van der Waals surface area (Å²) in [5, 5.41) is 0. The third-order valence-electron chi connectivity index (χ3n) is 3.66. The van der Waals surface area contributed by atoms with Gasteiger partial charge in [0.1, 0.15) is 5.82 Å². The number of hydrogen-bond acceptors (Lipinski definition) is 1. The van der Waals surface area contributed by atoms with Crippen molar-refractivity contribution in [2.45, 2.75) is 39.2 Å². The van der Waals surface area contributed by atoms with E-state index in [1.807, 2.05) is 13.0 Å². The van der Waals surface area contributed by atoms with E-state index in [9.17, 15) is 4.39 Å². The van der Waals surface area contributed by atoms with Crippen molar-refractivity contribution < 1.29 is 4.39 Å². The predicted octanol–water partition coefficient (Wildman–Crippen LogP) is 4.50. The summed E-state index contributed by atoms with van der Waals surface area (Å²) in [6.45, 7) is 6.22. The Hall–Kier alpha value is -1.67. The second-order valence-electron chi connectivity index (χ2n) is 5.73. The Bertz CT molecular complexity index is 572. The standard InChI is InChI=1S/C18H22FN/c1-12(2)15-7-5-14(6-8-15)11-18(20)16-9-4-13(3)10-17(16)19/h4-10,12,18H,11,20H2,1-3H3. The molecule has 2 N–H and O–H groups in total. The molecule has 1 unspecified atom stereocenters. The molecule has 0 radical (unpaired) electrons. The van der Waals surface area contributed by atoms with Gasteiger partial charge in [-0.2, -0.15) is 0 Å². The summed E-state index contributed by atoms with van der Waals surface area (Å²) in [4.78, 5) is 0. The Labute approximate surface area is 120 Å². The Morgan fingerprint density at radius 2 is 1.70 bits per heavy atom. The predicted molar refractivity (Wildman–Crippen MR) is 82.3 cm³/mol. The van der Waals surface area contributed by atoms with Crippen LogP contribution in [0.5, 0.6) is 0 Å². The first-order chi connectivity index (χ1) is 9.47. The van der Waals surface area contributed by atoms with Crippen LogP contribution in [0.3, 0.4) is 0 Å². The maximum Gasteiger partial charge on any atom is 0.128 e. The molecule has 2 aromatic rings. The summed E-state index contributed by atoms with van der Waals surface area (Å²) in [5.74, 6) is 0.309. The van der Waals surface area contributed by atoms with Crippen LogP contribution in [-0.4, -0.2) is 0 Å². The van der Waals surface area contributed by atoms with Crippen LogP contribution < -0.4 is 5.73 Å². The molecular weight excluding hydrogens is 249 g/mol. The van der Waals surface area contributed by atoms with Crippen molar-refractivity contribution in [1.82, 2.24) is 0 Å². The zero-order chi connectivity index (χ0) is 14.7. The van der Waals surface area contributed by atoms with Crippen LogP contribution >= 0.6 is 0 Å². The lowest BCUT2D eigenvalue weighted by Crippen LogP contribution is -2.15. The Kier molecular flexibility index (Phi) is 4.56. The summed E-state index contributed by atoms with van der Waals surface area (Å²) >= 11 is 0. The van der Waals surface area contributed by atoms with Crippen molar-refractivity contribution >= 4 is 0 Å². The molecule has 1 atom stereocenters. The highest BCUT2D eigenvalue weighted by molar-refractivity contribution is 5.29.